The number of halogens is 1. The van der Waals surface area contributed by atoms with E-state index >= 15 is 0 Å². The predicted molar refractivity (Wildman–Crippen MR) is 86.4 cm³/mol. The zero-order valence-corrected chi connectivity index (χ0v) is 13.7. The summed E-state index contributed by atoms with van der Waals surface area (Å²) >= 11 is 0. The number of nitrogens with one attached hydrogen (secondary N) is 1. The van der Waals surface area contributed by atoms with Crippen molar-refractivity contribution >= 4 is 11.8 Å². The van der Waals surface area contributed by atoms with Crippen molar-refractivity contribution in [2.24, 2.45) is 0 Å². The van der Waals surface area contributed by atoms with Crippen LogP contribution in [-0.4, -0.2) is 37.2 Å². The number of carbonyl (C=O) groups is 1. The molecule has 1 saturated heterocycles. The van der Waals surface area contributed by atoms with Gasteiger partial charge in [0.25, 0.3) is 0 Å². The zero-order valence-electron chi connectivity index (χ0n) is 13.7. The van der Waals surface area contributed by atoms with Crippen LogP contribution < -0.4 is 10.2 Å². The van der Waals surface area contributed by atoms with Crippen molar-refractivity contribution in [3.05, 3.63) is 47.3 Å². The second-order valence-corrected chi connectivity index (χ2v) is 5.80. The van der Waals surface area contributed by atoms with Gasteiger partial charge in [0.15, 0.2) is 11.6 Å². The lowest BCUT2D eigenvalue weighted by Crippen LogP contribution is -2.32. The number of methoxy groups -OCH3 is 1. The van der Waals surface area contributed by atoms with Gasteiger partial charge in [0.05, 0.1) is 13.7 Å². The smallest absolute Gasteiger partial charge is 0.341 e. The van der Waals surface area contributed by atoms with E-state index < -0.39 is 5.97 Å². The molecule has 1 aliphatic heterocycles. The number of hydrogen-bond donors (Lipinski definition) is 1. The largest absolute Gasteiger partial charge is 0.465 e. The van der Waals surface area contributed by atoms with Crippen LogP contribution in [0.2, 0.25) is 0 Å². The third-order valence-electron chi connectivity index (χ3n) is 4.17. The maximum Gasteiger partial charge on any atom is 0.341 e. The van der Waals surface area contributed by atoms with Crippen LogP contribution in [0.3, 0.4) is 0 Å². The highest BCUT2D eigenvalue weighted by Gasteiger charge is 2.25. The lowest BCUT2D eigenvalue weighted by Gasteiger charge is -2.18. The van der Waals surface area contributed by atoms with Crippen LogP contribution in [0, 0.1) is 12.7 Å². The first-order chi connectivity index (χ1) is 11.6. The predicted octanol–water partition coefficient (Wildman–Crippen LogP) is 2.28. The summed E-state index contributed by atoms with van der Waals surface area (Å²) in [5.74, 6) is 0.906. The molecule has 1 aliphatic rings. The van der Waals surface area contributed by atoms with Gasteiger partial charge in [0.1, 0.15) is 17.1 Å². The number of anilines is 1. The molecule has 2 aromatic rings. The molecule has 0 aromatic carbocycles. The summed E-state index contributed by atoms with van der Waals surface area (Å²) < 4.78 is 24.1. The molecule has 7 heteroatoms. The molecular formula is C17H20FN3O3. The van der Waals surface area contributed by atoms with E-state index in [9.17, 15) is 9.18 Å². The lowest BCUT2D eigenvalue weighted by molar-refractivity contribution is 0.0599. The van der Waals surface area contributed by atoms with Gasteiger partial charge in [0, 0.05) is 25.3 Å². The molecule has 0 saturated carbocycles. The zero-order chi connectivity index (χ0) is 17.1. The molecule has 0 bridgehead atoms. The highest BCUT2D eigenvalue weighted by Crippen LogP contribution is 2.21. The maximum absolute atomic E-state index is 13.8. The number of ether oxygens (including phenoxy) is 1. The number of carbonyl (C=O) groups excluding carboxylic acids is 1. The first kappa shape index (κ1) is 16.4. The van der Waals surface area contributed by atoms with Crippen LogP contribution in [0.15, 0.2) is 28.8 Å². The third-order valence-corrected chi connectivity index (χ3v) is 4.17. The minimum Gasteiger partial charge on any atom is -0.465 e. The quantitative estimate of drug-likeness (QED) is 0.847. The second kappa shape index (κ2) is 7.00. The Bertz CT molecular complexity index is 732. The number of pyridine rings is 1. The maximum atomic E-state index is 13.8. The Morgan fingerprint density at radius 3 is 3.17 bits per heavy atom. The number of nitrogens with zero attached hydrogens (tertiary/aromatic N) is 2. The van der Waals surface area contributed by atoms with Gasteiger partial charge in [-0.3, -0.25) is 0 Å². The topological polar surface area (TPSA) is 67.6 Å². The van der Waals surface area contributed by atoms with Gasteiger partial charge in [-0.2, -0.15) is 0 Å². The van der Waals surface area contributed by atoms with Gasteiger partial charge < -0.3 is 19.4 Å². The summed E-state index contributed by atoms with van der Waals surface area (Å²) in [4.78, 5) is 17.6. The van der Waals surface area contributed by atoms with Crippen molar-refractivity contribution in [3.8, 4) is 0 Å². The minimum absolute atomic E-state index is 0.207. The normalized spacial score (nSPS) is 17.3. The molecule has 1 N–H and O–H groups in total. The first-order valence-electron chi connectivity index (χ1n) is 7.85. The van der Waals surface area contributed by atoms with Crippen LogP contribution in [-0.2, 0) is 11.3 Å². The van der Waals surface area contributed by atoms with Crippen LogP contribution in [0.5, 0.6) is 0 Å². The summed E-state index contributed by atoms with van der Waals surface area (Å²) in [5, 5.41) is 3.38. The minimum atomic E-state index is -0.403. The van der Waals surface area contributed by atoms with E-state index in [0.29, 0.717) is 36.0 Å². The van der Waals surface area contributed by atoms with Crippen LogP contribution >= 0.6 is 0 Å². The molecule has 6 nitrogen and oxygen atoms in total. The van der Waals surface area contributed by atoms with E-state index in [4.69, 9.17) is 9.15 Å². The van der Waals surface area contributed by atoms with E-state index in [1.165, 1.54) is 13.2 Å². The molecule has 1 atom stereocenters. The molecule has 0 unspecified atom stereocenters. The number of furan rings is 1. The number of hydrogen-bond acceptors (Lipinski definition) is 6. The van der Waals surface area contributed by atoms with Crippen LogP contribution in [0.4, 0.5) is 10.2 Å². The van der Waals surface area contributed by atoms with Gasteiger partial charge >= 0.3 is 5.97 Å². The summed E-state index contributed by atoms with van der Waals surface area (Å²) in [7, 11) is 1.34. The lowest BCUT2D eigenvalue weighted by atomic mass is 10.2. The van der Waals surface area contributed by atoms with E-state index in [1.54, 1.807) is 25.3 Å². The monoisotopic (exact) mass is 333 g/mol. The summed E-state index contributed by atoms with van der Waals surface area (Å²) in [6, 6.07) is 4.91. The van der Waals surface area contributed by atoms with Gasteiger partial charge in [-0.15, -0.1) is 0 Å². The fourth-order valence-corrected chi connectivity index (χ4v) is 2.92. The number of rotatable bonds is 5. The standard InChI is InChI=1S/C17H20FN3O3/c1-11-14(17(22)23-2)8-13(24-11)9-20-12-5-7-21(10-12)16-15(18)4-3-6-19-16/h3-4,6,8,12,20H,5,7,9-10H2,1-2H3/t12-/m1/s1. The Morgan fingerprint density at radius 1 is 1.58 bits per heavy atom. The fraction of sp³-hybridized carbons (Fsp3) is 0.412. The van der Waals surface area contributed by atoms with Crippen molar-refractivity contribution in [1.82, 2.24) is 10.3 Å². The Kier molecular flexibility index (Phi) is 4.80. The fourth-order valence-electron chi connectivity index (χ4n) is 2.92. The van der Waals surface area contributed by atoms with Crippen molar-refractivity contribution in [1.29, 1.82) is 0 Å². The molecule has 0 amide bonds. The molecule has 3 rings (SSSR count). The number of aryl methyl sites for hydroxylation is 1. The molecule has 2 aromatic heterocycles. The average Bonchev–Trinajstić information content (AvgIpc) is 3.19. The molecule has 0 aliphatic carbocycles. The first-order valence-corrected chi connectivity index (χ1v) is 7.85. The van der Waals surface area contributed by atoms with Crippen molar-refractivity contribution < 1.29 is 18.3 Å². The van der Waals surface area contributed by atoms with E-state index in [0.717, 1.165) is 13.0 Å². The van der Waals surface area contributed by atoms with Crippen molar-refractivity contribution in [2.75, 3.05) is 25.1 Å². The van der Waals surface area contributed by atoms with Gasteiger partial charge in [0.2, 0.25) is 0 Å². The van der Waals surface area contributed by atoms with Crippen molar-refractivity contribution in [3.63, 3.8) is 0 Å². The summed E-state index contributed by atoms with van der Waals surface area (Å²) in [6.45, 7) is 3.66. The molecule has 1 fully saturated rings. The molecule has 24 heavy (non-hydrogen) atoms. The molecule has 0 spiro atoms. The van der Waals surface area contributed by atoms with Gasteiger partial charge in [-0.25, -0.2) is 14.2 Å². The number of aromatic nitrogens is 1. The Morgan fingerprint density at radius 2 is 2.42 bits per heavy atom. The van der Waals surface area contributed by atoms with Gasteiger partial charge in [-0.1, -0.05) is 0 Å². The van der Waals surface area contributed by atoms with Crippen LogP contribution in [0.1, 0.15) is 28.3 Å². The molecule has 0 radical (unpaired) electrons. The van der Waals surface area contributed by atoms with Gasteiger partial charge in [-0.05, 0) is 31.5 Å². The SMILES string of the molecule is COC(=O)c1cc(CN[C@@H]2CCN(c3ncccc3F)C2)oc1C. The Labute approximate surface area is 139 Å². The molecule has 128 valence electrons. The third kappa shape index (κ3) is 3.41. The highest BCUT2D eigenvalue weighted by atomic mass is 19.1. The average molecular weight is 333 g/mol. The summed E-state index contributed by atoms with van der Waals surface area (Å²) in [6.07, 6.45) is 2.48. The van der Waals surface area contributed by atoms with E-state index in [1.807, 2.05) is 4.90 Å². The molecule has 3 heterocycles. The summed E-state index contributed by atoms with van der Waals surface area (Å²) in [5.41, 5.74) is 0.443. The van der Waals surface area contributed by atoms with E-state index in [2.05, 4.69) is 10.3 Å². The molecular weight excluding hydrogens is 313 g/mol. The van der Waals surface area contributed by atoms with E-state index in [-0.39, 0.29) is 11.9 Å². The highest BCUT2D eigenvalue weighted by molar-refractivity contribution is 5.90. The van der Waals surface area contributed by atoms with Crippen molar-refractivity contribution in [2.45, 2.75) is 25.9 Å². The van der Waals surface area contributed by atoms with Crippen LogP contribution in [0.25, 0.3) is 0 Å². The Balaban J connectivity index is 1.57. The second-order valence-electron chi connectivity index (χ2n) is 5.80. The Hall–Kier alpha value is -2.41. The number of esters is 1.